The Hall–Kier alpha value is -1.46. The Bertz CT molecular complexity index is 484. The van der Waals surface area contributed by atoms with Crippen LogP contribution in [0.5, 0.6) is 0 Å². The molecule has 1 saturated heterocycles. The van der Waals surface area contributed by atoms with Gasteiger partial charge in [-0.2, -0.15) is 0 Å². The van der Waals surface area contributed by atoms with Gasteiger partial charge in [0.2, 0.25) is 0 Å². The number of nitrogens with one attached hydrogen (secondary N) is 1. The van der Waals surface area contributed by atoms with E-state index in [9.17, 15) is 4.79 Å². The van der Waals surface area contributed by atoms with Crippen molar-refractivity contribution in [1.82, 2.24) is 4.90 Å². The zero-order chi connectivity index (χ0) is 14.0. The molecule has 5 N–H and O–H groups in total. The van der Waals surface area contributed by atoms with E-state index in [4.69, 9.17) is 23.1 Å². The van der Waals surface area contributed by atoms with Crippen LogP contribution in [0.1, 0.15) is 23.2 Å². The predicted octanol–water partition coefficient (Wildman–Crippen LogP) is 1.53. The molecule has 1 heterocycles. The van der Waals surface area contributed by atoms with Gasteiger partial charge in [-0.1, -0.05) is 11.6 Å². The molecule has 0 atom stereocenters. The van der Waals surface area contributed by atoms with E-state index in [1.165, 1.54) is 0 Å². The molecule has 5 nitrogen and oxygen atoms in total. The number of nitrogens with two attached hydrogens (primary N) is 2. The van der Waals surface area contributed by atoms with Crippen molar-refractivity contribution in [2.45, 2.75) is 18.9 Å². The predicted molar refractivity (Wildman–Crippen MR) is 78.5 cm³/mol. The zero-order valence-corrected chi connectivity index (χ0v) is 11.7. The van der Waals surface area contributed by atoms with Crippen molar-refractivity contribution in [2.24, 2.45) is 5.73 Å². The van der Waals surface area contributed by atoms with Crippen molar-refractivity contribution in [2.75, 3.05) is 31.2 Å². The normalized spacial score (nSPS) is 17.4. The summed E-state index contributed by atoms with van der Waals surface area (Å²) in [7, 11) is 2.10. The van der Waals surface area contributed by atoms with Crippen LogP contribution in [0.25, 0.3) is 0 Å². The Morgan fingerprint density at radius 2 is 2.05 bits per heavy atom. The third-order valence-corrected chi connectivity index (χ3v) is 3.74. The second-order valence-electron chi connectivity index (χ2n) is 5.01. The van der Waals surface area contributed by atoms with Crippen molar-refractivity contribution >= 4 is 28.9 Å². The molecule has 1 amide bonds. The van der Waals surface area contributed by atoms with Gasteiger partial charge in [-0.3, -0.25) is 4.79 Å². The Morgan fingerprint density at radius 1 is 1.42 bits per heavy atom. The fourth-order valence-corrected chi connectivity index (χ4v) is 2.61. The van der Waals surface area contributed by atoms with E-state index in [0.717, 1.165) is 25.9 Å². The highest BCUT2D eigenvalue weighted by Gasteiger charge is 2.20. The van der Waals surface area contributed by atoms with Gasteiger partial charge in [0, 0.05) is 11.7 Å². The van der Waals surface area contributed by atoms with Crippen LogP contribution >= 0.6 is 11.6 Å². The van der Waals surface area contributed by atoms with Gasteiger partial charge in [0.25, 0.3) is 5.91 Å². The van der Waals surface area contributed by atoms with E-state index in [-0.39, 0.29) is 0 Å². The van der Waals surface area contributed by atoms with Crippen LogP contribution < -0.4 is 16.8 Å². The Balaban J connectivity index is 2.21. The summed E-state index contributed by atoms with van der Waals surface area (Å²) in [5.74, 6) is -0.523. The van der Waals surface area contributed by atoms with E-state index >= 15 is 0 Å². The van der Waals surface area contributed by atoms with Gasteiger partial charge >= 0.3 is 0 Å². The lowest BCUT2D eigenvalue weighted by Gasteiger charge is -2.30. The van der Waals surface area contributed by atoms with Crippen molar-refractivity contribution in [3.63, 3.8) is 0 Å². The summed E-state index contributed by atoms with van der Waals surface area (Å²) in [6.07, 6.45) is 2.02. The molecule has 0 bridgehead atoms. The van der Waals surface area contributed by atoms with Gasteiger partial charge < -0.3 is 21.7 Å². The highest BCUT2D eigenvalue weighted by atomic mass is 35.5. The van der Waals surface area contributed by atoms with Crippen LogP contribution in [0.15, 0.2) is 12.1 Å². The molecule has 0 spiro atoms. The minimum Gasteiger partial charge on any atom is -0.399 e. The Morgan fingerprint density at radius 3 is 2.63 bits per heavy atom. The maximum absolute atomic E-state index is 11.5. The number of hydrogen-bond acceptors (Lipinski definition) is 4. The number of carbonyl (C=O) groups excluding carboxylic acids is 1. The quantitative estimate of drug-likeness (QED) is 0.734. The first-order valence-electron chi connectivity index (χ1n) is 6.31. The molecule has 0 aromatic heterocycles. The average Bonchev–Trinajstić information content (AvgIpc) is 2.34. The standard InChI is InChI=1S/C13H19ClN4O/c1-18-4-2-9(3-5-18)17-12-10(13(16)19)6-8(15)7-11(12)14/h6-7,9,17H,2-5,15H2,1H3,(H2,16,19). The molecule has 0 aliphatic carbocycles. The number of rotatable bonds is 3. The number of carbonyl (C=O) groups is 1. The second-order valence-corrected chi connectivity index (χ2v) is 5.42. The second kappa shape index (κ2) is 5.67. The third kappa shape index (κ3) is 3.30. The van der Waals surface area contributed by atoms with Crippen LogP contribution in [0, 0.1) is 0 Å². The van der Waals surface area contributed by atoms with Crippen molar-refractivity contribution < 1.29 is 4.79 Å². The average molecular weight is 283 g/mol. The number of likely N-dealkylation sites (tertiary alicyclic amines) is 1. The molecule has 0 saturated carbocycles. The van der Waals surface area contributed by atoms with E-state index < -0.39 is 5.91 Å². The molecular formula is C13H19ClN4O. The minimum absolute atomic E-state index is 0.301. The topological polar surface area (TPSA) is 84.4 Å². The van der Waals surface area contributed by atoms with Crippen molar-refractivity contribution in [1.29, 1.82) is 0 Å². The van der Waals surface area contributed by atoms with Crippen LogP contribution in [0.3, 0.4) is 0 Å². The number of nitrogen functional groups attached to an aromatic ring is 1. The molecule has 1 aromatic carbocycles. The lowest BCUT2D eigenvalue weighted by Crippen LogP contribution is -2.37. The summed E-state index contributed by atoms with van der Waals surface area (Å²) >= 11 is 6.17. The smallest absolute Gasteiger partial charge is 0.250 e. The summed E-state index contributed by atoms with van der Waals surface area (Å²) in [5, 5.41) is 3.77. The van der Waals surface area contributed by atoms with Crippen LogP contribution in [-0.4, -0.2) is 37.0 Å². The van der Waals surface area contributed by atoms with Crippen LogP contribution in [0.2, 0.25) is 5.02 Å². The monoisotopic (exact) mass is 282 g/mol. The first-order chi connectivity index (χ1) is 8.97. The number of halogens is 1. The van der Waals surface area contributed by atoms with Gasteiger partial charge in [0.15, 0.2) is 0 Å². The summed E-state index contributed by atoms with van der Waals surface area (Å²) in [6.45, 7) is 2.05. The van der Waals surface area contributed by atoms with Gasteiger partial charge in [0.05, 0.1) is 16.3 Å². The third-order valence-electron chi connectivity index (χ3n) is 3.45. The fourth-order valence-electron chi connectivity index (χ4n) is 2.33. The van der Waals surface area contributed by atoms with E-state index in [1.807, 2.05) is 0 Å². The first kappa shape index (κ1) is 14.0. The van der Waals surface area contributed by atoms with E-state index in [2.05, 4.69) is 17.3 Å². The Labute approximate surface area is 117 Å². The van der Waals surface area contributed by atoms with Crippen molar-refractivity contribution in [3.05, 3.63) is 22.7 Å². The number of hydrogen-bond donors (Lipinski definition) is 3. The zero-order valence-electron chi connectivity index (χ0n) is 10.9. The maximum atomic E-state index is 11.5. The Kier molecular flexibility index (Phi) is 4.17. The number of piperidine rings is 1. The summed E-state index contributed by atoms with van der Waals surface area (Å²) in [4.78, 5) is 13.8. The summed E-state index contributed by atoms with van der Waals surface area (Å²) in [5.41, 5.74) is 12.5. The van der Waals surface area contributed by atoms with Gasteiger partial charge in [0.1, 0.15) is 0 Å². The highest BCUT2D eigenvalue weighted by molar-refractivity contribution is 6.34. The fraction of sp³-hybridized carbons (Fsp3) is 0.462. The largest absolute Gasteiger partial charge is 0.399 e. The number of amides is 1. The number of primary amides is 1. The van der Waals surface area contributed by atoms with Crippen LogP contribution in [-0.2, 0) is 0 Å². The van der Waals surface area contributed by atoms with Gasteiger partial charge in [-0.15, -0.1) is 0 Å². The molecule has 104 valence electrons. The number of anilines is 2. The van der Waals surface area contributed by atoms with Crippen LogP contribution in [0.4, 0.5) is 11.4 Å². The maximum Gasteiger partial charge on any atom is 0.250 e. The number of benzene rings is 1. The molecule has 1 aliphatic rings. The SMILES string of the molecule is CN1CCC(Nc2c(Cl)cc(N)cc2C(N)=O)CC1. The van der Waals surface area contributed by atoms with Crippen molar-refractivity contribution in [3.8, 4) is 0 Å². The molecule has 1 aliphatic heterocycles. The van der Waals surface area contributed by atoms with E-state index in [1.54, 1.807) is 12.1 Å². The highest BCUT2D eigenvalue weighted by Crippen LogP contribution is 2.30. The lowest BCUT2D eigenvalue weighted by molar-refractivity contribution is 0.100. The minimum atomic E-state index is -0.523. The molecule has 0 radical (unpaired) electrons. The summed E-state index contributed by atoms with van der Waals surface area (Å²) in [6, 6.07) is 3.49. The van der Waals surface area contributed by atoms with Gasteiger partial charge in [-0.25, -0.2) is 0 Å². The molecular weight excluding hydrogens is 264 g/mol. The molecule has 0 unspecified atom stereocenters. The summed E-state index contributed by atoms with van der Waals surface area (Å²) < 4.78 is 0. The molecule has 19 heavy (non-hydrogen) atoms. The van der Waals surface area contributed by atoms with Gasteiger partial charge in [-0.05, 0) is 45.1 Å². The molecule has 2 rings (SSSR count). The lowest BCUT2D eigenvalue weighted by atomic mass is 10.0. The number of nitrogens with zero attached hydrogens (tertiary/aromatic N) is 1. The van der Waals surface area contributed by atoms with E-state index in [0.29, 0.717) is 28.0 Å². The first-order valence-corrected chi connectivity index (χ1v) is 6.69. The molecule has 1 fully saturated rings. The molecule has 1 aromatic rings. The molecule has 6 heteroatoms.